The zero-order chi connectivity index (χ0) is 8.97. The van der Waals surface area contributed by atoms with Gasteiger partial charge in [-0.1, -0.05) is 6.07 Å². The summed E-state index contributed by atoms with van der Waals surface area (Å²) >= 11 is 4.17. The Balaban J connectivity index is 2.95. The van der Waals surface area contributed by atoms with Crippen LogP contribution in [-0.2, 0) is 6.61 Å². The standard InChI is InChI=1S/C9H12O2S/c1-2-11-9-5-8(12)4-3-7(9)6-10/h3-5,10,12H,2,6H2,1H3. The number of rotatable bonds is 3. The predicted molar refractivity (Wildman–Crippen MR) is 50.8 cm³/mol. The van der Waals surface area contributed by atoms with Gasteiger partial charge < -0.3 is 9.84 Å². The molecule has 1 N–H and O–H groups in total. The summed E-state index contributed by atoms with van der Waals surface area (Å²) in [5.74, 6) is 0.715. The monoisotopic (exact) mass is 184 g/mol. The van der Waals surface area contributed by atoms with Gasteiger partial charge in [-0.2, -0.15) is 0 Å². The van der Waals surface area contributed by atoms with Crippen LogP contribution in [-0.4, -0.2) is 11.7 Å². The molecule has 1 aromatic carbocycles. The maximum Gasteiger partial charge on any atom is 0.125 e. The van der Waals surface area contributed by atoms with Gasteiger partial charge in [-0.05, 0) is 19.1 Å². The maximum atomic E-state index is 8.93. The van der Waals surface area contributed by atoms with Crippen LogP contribution in [0.1, 0.15) is 12.5 Å². The van der Waals surface area contributed by atoms with E-state index in [2.05, 4.69) is 12.6 Å². The first-order valence-corrected chi connectivity index (χ1v) is 4.28. The largest absolute Gasteiger partial charge is 0.493 e. The lowest BCUT2D eigenvalue weighted by Gasteiger charge is -2.08. The van der Waals surface area contributed by atoms with Gasteiger partial charge in [0, 0.05) is 10.5 Å². The minimum atomic E-state index is 0.00336. The van der Waals surface area contributed by atoms with Crippen LogP contribution < -0.4 is 4.74 Å². The molecule has 2 nitrogen and oxygen atoms in total. The maximum absolute atomic E-state index is 8.93. The summed E-state index contributed by atoms with van der Waals surface area (Å²) in [7, 11) is 0. The van der Waals surface area contributed by atoms with E-state index in [0.29, 0.717) is 12.4 Å². The van der Waals surface area contributed by atoms with E-state index in [-0.39, 0.29) is 6.61 Å². The van der Waals surface area contributed by atoms with Crippen molar-refractivity contribution in [2.24, 2.45) is 0 Å². The summed E-state index contributed by atoms with van der Waals surface area (Å²) < 4.78 is 5.30. The summed E-state index contributed by atoms with van der Waals surface area (Å²) in [6.45, 7) is 2.51. The molecule has 0 fully saturated rings. The molecule has 0 bridgehead atoms. The highest BCUT2D eigenvalue weighted by atomic mass is 32.1. The molecule has 0 heterocycles. The first-order valence-electron chi connectivity index (χ1n) is 3.83. The van der Waals surface area contributed by atoms with Crippen LogP contribution in [0.25, 0.3) is 0 Å². The van der Waals surface area contributed by atoms with Gasteiger partial charge in [0.15, 0.2) is 0 Å². The van der Waals surface area contributed by atoms with Crippen molar-refractivity contribution in [2.75, 3.05) is 6.61 Å². The molecule has 3 heteroatoms. The molecule has 0 atom stereocenters. The molecule has 1 rings (SSSR count). The normalized spacial score (nSPS) is 9.92. The molecule has 0 unspecified atom stereocenters. The lowest BCUT2D eigenvalue weighted by molar-refractivity contribution is 0.266. The molecule has 66 valence electrons. The Morgan fingerprint density at radius 1 is 1.50 bits per heavy atom. The molecule has 0 amide bonds. The number of hydrogen-bond donors (Lipinski definition) is 2. The molecule has 0 saturated carbocycles. The Labute approximate surface area is 77.6 Å². The Hall–Kier alpha value is -0.670. The van der Waals surface area contributed by atoms with Gasteiger partial charge in [-0.25, -0.2) is 0 Å². The van der Waals surface area contributed by atoms with Crippen molar-refractivity contribution in [2.45, 2.75) is 18.4 Å². The molecule has 0 spiro atoms. The molecule has 0 saturated heterocycles. The summed E-state index contributed by atoms with van der Waals surface area (Å²) in [5.41, 5.74) is 0.801. The summed E-state index contributed by atoms with van der Waals surface area (Å²) in [4.78, 5) is 0.843. The van der Waals surface area contributed by atoms with Gasteiger partial charge in [0.05, 0.1) is 13.2 Å². The van der Waals surface area contributed by atoms with E-state index >= 15 is 0 Å². The Kier molecular flexibility index (Phi) is 3.44. The van der Waals surface area contributed by atoms with Gasteiger partial charge in [-0.3, -0.25) is 0 Å². The minimum Gasteiger partial charge on any atom is -0.493 e. The third-order valence-corrected chi connectivity index (χ3v) is 1.80. The van der Waals surface area contributed by atoms with Crippen molar-refractivity contribution in [1.82, 2.24) is 0 Å². The summed E-state index contributed by atoms with van der Waals surface area (Å²) in [6, 6.07) is 5.45. The smallest absolute Gasteiger partial charge is 0.125 e. The fraction of sp³-hybridized carbons (Fsp3) is 0.333. The first kappa shape index (κ1) is 9.42. The highest BCUT2D eigenvalue weighted by molar-refractivity contribution is 7.80. The van der Waals surface area contributed by atoms with Crippen LogP contribution in [0.15, 0.2) is 23.1 Å². The van der Waals surface area contributed by atoms with Crippen molar-refractivity contribution in [1.29, 1.82) is 0 Å². The minimum absolute atomic E-state index is 0.00336. The average molecular weight is 184 g/mol. The second-order valence-corrected chi connectivity index (χ2v) is 2.90. The van der Waals surface area contributed by atoms with Crippen LogP contribution >= 0.6 is 12.6 Å². The van der Waals surface area contributed by atoms with E-state index in [1.165, 1.54) is 0 Å². The fourth-order valence-corrected chi connectivity index (χ4v) is 1.16. The quantitative estimate of drug-likeness (QED) is 0.702. The zero-order valence-corrected chi connectivity index (χ0v) is 7.84. The molecule has 0 aromatic heterocycles. The van der Waals surface area contributed by atoms with Gasteiger partial charge in [0.2, 0.25) is 0 Å². The van der Waals surface area contributed by atoms with Crippen molar-refractivity contribution in [3.8, 4) is 5.75 Å². The van der Waals surface area contributed by atoms with E-state index in [1.54, 1.807) is 6.07 Å². The lowest BCUT2D eigenvalue weighted by Crippen LogP contribution is -1.96. The molecular weight excluding hydrogens is 172 g/mol. The van der Waals surface area contributed by atoms with Crippen LogP contribution in [0.2, 0.25) is 0 Å². The van der Waals surface area contributed by atoms with E-state index in [0.717, 1.165) is 10.5 Å². The van der Waals surface area contributed by atoms with Crippen molar-refractivity contribution in [3.05, 3.63) is 23.8 Å². The average Bonchev–Trinajstić information content (AvgIpc) is 2.05. The Bertz CT molecular complexity index is 261. The number of thiol groups is 1. The second kappa shape index (κ2) is 4.38. The molecular formula is C9H12O2S. The fourth-order valence-electron chi connectivity index (χ4n) is 0.964. The molecule has 0 aliphatic carbocycles. The highest BCUT2D eigenvalue weighted by Crippen LogP contribution is 2.22. The summed E-state index contributed by atoms with van der Waals surface area (Å²) in [6.07, 6.45) is 0. The highest BCUT2D eigenvalue weighted by Gasteiger charge is 2.01. The molecule has 0 aliphatic rings. The zero-order valence-electron chi connectivity index (χ0n) is 6.95. The topological polar surface area (TPSA) is 29.5 Å². The second-order valence-electron chi connectivity index (χ2n) is 2.38. The summed E-state index contributed by atoms with van der Waals surface area (Å²) in [5, 5.41) is 8.93. The molecule has 12 heavy (non-hydrogen) atoms. The lowest BCUT2D eigenvalue weighted by atomic mass is 10.2. The first-order chi connectivity index (χ1) is 5.77. The predicted octanol–water partition coefficient (Wildman–Crippen LogP) is 1.87. The molecule has 0 radical (unpaired) electrons. The van der Waals surface area contributed by atoms with E-state index < -0.39 is 0 Å². The van der Waals surface area contributed by atoms with Gasteiger partial charge in [0.1, 0.15) is 5.75 Å². The number of ether oxygens (including phenoxy) is 1. The van der Waals surface area contributed by atoms with Crippen LogP contribution in [0.4, 0.5) is 0 Å². The van der Waals surface area contributed by atoms with Gasteiger partial charge >= 0.3 is 0 Å². The van der Waals surface area contributed by atoms with Crippen molar-refractivity contribution < 1.29 is 9.84 Å². The van der Waals surface area contributed by atoms with E-state index in [1.807, 2.05) is 19.1 Å². The van der Waals surface area contributed by atoms with Crippen LogP contribution in [0, 0.1) is 0 Å². The Morgan fingerprint density at radius 3 is 2.83 bits per heavy atom. The third kappa shape index (κ3) is 2.16. The van der Waals surface area contributed by atoms with Crippen LogP contribution in [0.3, 0.4) is 0 Å². The van der Waals surface area contributed by atoms with Gasteiger partial charge in [0.25, 0.3) is 0 Å². The number of aliphatic hydroxyl groups is 1. The van der Waals surface area contributed by atoms with Gasteiger partial charge in [-0.15, -0.1) is 12.6 Å². The van der Waals surface area contributed by atoms with Crippen LogP contribution in [0.5, 0.6) is 5.75 Å². The molecule has 1 aromatic rings. The number of hydrogen-bond acceptors (Lipinski definition) is 3. The Morgan fingerprint density at radius 2 is 2.25 bits per heavy atom. The number of aliphatic hydroxyl groups excluding tert-OH is 1. The molecule has 0 aliphatic heterocycles. The third-order valence-electron chi connectivity index (χ3n) is 1.52. The van der Waals surface area contributed by atoms with Crippen molar-refractivity contribution in [3.63, 3.8) is 0 Å². The SMILES string of the molecule is CCOc1cc(S)ccc1CO. The number of benzene rings is 1. The van der Waals surface area contributed by atoms with E-state index in [4.69, 9.17) is 9.84 Å². The van der Waals surface area contributed by atoms with E-state index in [9.17, 15) is 0 Å². The van der Waals surface area contributed by atoms with Crippen molar-refractivity contribution >= 4 is 12.6 Å².